The van der Waals surface area contributed by atoms with Gasteiger partial charge in [-0.15, -0.1) is 0 Å². The molecule has 1 radical (unpaired) electrons. The predicted molar refractivity (Wildman–Crippen MR) is 90.6 cm³/mol. The van der Waals surface area contributed by atoms with Gasteiger partial charge in [0.1, 0.15) is 22.5 Å². The monoisotopic (exact) mass is 323 g/mol. The van der Waals surface area contributed by atoms with Crippen LogP contribution in [-0.2, 0) is 0 Å². The van der Waals surface area contributed by atoms with Crippen LogP contribution in [-0.4, -0.2) is 5.60 Å². The molecule has 0 unspecified atom stereocenters. The lowest BCUT2D eigenvalue weighted by Gasteiger charge is -2.29. The van der Waals surface area contributed by atoms with Crippen molar-refractivity contribution in [3.05, 3.63) is 55.7 Å². The Balaban J connectivity index is 2.36. The first-order chi connectivity index (χ1) is 11.3. The third kappa shape index (κ3) is 2.01. The van der Waals surface area contributed by atoms with E-state index in [2.05, 4.69) is 6.07 Å². The van der Waals surface area contributed by atoms with Crippen molar-refractivity contribution in [1.29, 1.82) is 0 Å². The molecule has 1 aromatic carbocycles. The third-order valence-corrected chi connectivity index (χ3v) is 4.12. The molecule has 3 aromatic rings. The maximum atomic E-state index is 12.6. The summed E-state index contributed by atoms with van der Waals surface area (Å²) in [6.45, 7) is 7.30. The molecule has 5 nitrogen and oxygen atoms in total. The number of ether oxygens (including phenoxy) is 1. The normalized spacial score (nSPS) is 15.5. The average Bonchev–Trinajstić information content (AvgIpc) is 2.44. The van der Waals surface area contributed by atoms with Crippen molar-refractivity contribution in [3.8, 4) is 5.75 Å². The van der Waals surface area contributed by atoms with Gasteiger partial charge in [-0.25, -0.2) is 4.79 Å². The number of fused-ring (bicyclic) bond motifs is 6. The summed E-state index contributed by atoms with van der Waals surface area (Å²) in [6, 6.07) is 4.01. The van der Waals surface area contributed by atoms with E-state index >= 15 is 0 Å². The summed E-state index contributed by atoms with van der Waals surface area (Å²) < 4.78 is 17.2. The first-order valence-corrected chi connectivity index (χ1v) is 7.62. The summed E-state index contributed by atoms with van der Waals surface area (Å²) in [5.74, 6) is 1.02. The number of aryl methyl sites for hydroxylation is 2. The van der Waals surface area contributed by atoms with E-state index in [1.54, 1.807) is 13.8 Å². The fraction of sp³-hybridized carbons (Fsp3) is 0.263. The SMILES string of the molecule is Cc1cc(=O)c2c(o1)c1c(c3c(C)[c]c(=O)oc32)OC(C)(C)C=C1. The van der Waals surface area contributed by atoms with Crippen LogP contribution in [0, 0.1) is 19.9 Å². The van der Waals surface area contributed by atoms with Crippen LogP contribution in [0.25, 0.3) is 28.0 Å². The fourth-order valence-electron chi connectivity index (χ4n) is 3.10. The highest BCUT2D eigenvalue weighted by Crippen LogP contribution is 2.43. The molecular formula is C19H15O5. The first kappa shape index (κ1) is 14.8. The molecule has 1 aliphatic heterocycles. The van der Waals surface area contributed by atoms with Crippen LogP contribution in [0.15, 0.2) is 30.6 Å². The van der Waals surface area contributed by atoms with E-state index < -0.39 is 11.2 Å². The maximum absolute atomic E-state index is 12.6. The van der Waals surface area contributed by atoms with Crippen LogP contribution in [0.1, 0.15) is 30.7 Å². The molecule has 0 bridgehead atoms. The van der Waals surface area contributed by atoms with Crippen molar-refractivity contribution in [2.24, 2.45) is 0 Å². The molecule has 4 rings (SSSR count). The molecule has 0 saturated carbocycles. The van der Waals surface area contributed by atoms with Crippen molar-refractivity contribution in [1.82, 2.24) is 0 Å². The van der Waals surface area contributed by atoms with Gasteiger partial charge in [-0.1, -0.05) is 0 Å². The Morgan fingerprint density at radius 2 is 1.79 bits per heavy atom. The minimum atomic E-state index is -0.633. The van der Waals surface area contributed by atoms with Crippen molar-refractivity contribution in [2.75, 3.05) is 0 Å². The van der Waals surface area contributed by atoms with E-state index in [4.69, 9.17) is 13.6 Å². The molecule has 0 N–H and O–H groups in total. The lowest BCUT2D eigenvalue weighted by Crippen LogP contribution is -2.28. The van der Waals surface area contributed by atoms with E-state index in [1.807, 2.05) is 26.0 Å². The Kier molecular flexibility index (Phi) is 2.83. The van der Waals surface area contributed by atoms with Crippen molar-refractivity contribution in [3.63, 3.8) is 0 Å². The van der Waals surface area contributed by atoms with Crippen LogP contribution < -0.4 is 15.8 Å². The lowest BCUT2D eigenvalue weighted by molar-refractivity contribution is 0.161. The fourth-order valence-corrected chi connectivity index (χ4v) is 3.10. The minimum absolute atomic E-state index is 0.185. The second-order valence-corrected chi connectivity index (χ2v) is 6.55. The summed E-state index contributed by atoms with van der Waals surface area (Å²) in [5.41, 5.74) is 0.377. The van der Waals surface area contributed by atoms with Crippen LogP contribution in [0.2, 0.25) is 0 Å². The van der Waals surface area contributed by atoms with Gasteiger partial charge in [0.05, 0.1) is 17.0 Å². The summed E-state index contributed by atoms with van der Waals surface area (Å²) in [6.07, 6.45) is 3.79. The predicted octanol–water partition coefficient (Wildman–Crippen LogP) is 3.50. The van der Waals surface area contributed by atoms with Crippen LogP contribution in [0.4, 0.5) is 0 Å². The zero-order chi connectivity index (χ0) is 17.2. The average molecular weight is 323 g/mol. The Morgan fingerprint density at radius 1 is 1.04 bits per heavy atom. The van der Waals surface area contributed by atoms with Gasteiger partial charge in [-0.05, 0) is 45.4 Å². The largest absolute Gasteiger partial charge is 0.482 e. The second kappa shape index (κ2) is 4.60. The standard InChI is InChI=1S/C19H15O5/c1-9-7-13(21)23-18-14(9)17-11(5-6-19(3,4)24-17)16-15(18)12(20)8-10(2)22-16/h5-6,8H,1-4H3. The minimum Gasteiger partial charge on any atom is -0.482 e. The highest BCUT2D eigenvalue weighted by molar-refractivity contribution is 6.10. The zero-order valence-electron chi connectivity index (χ0n) is 13.8. The lowest BCUT2D eigenvalue weighted by atomic mass is 9.96. The molecule has 1 aliphatic rings. The van der Waals surface area contributed by atoms with Crippen LogP contribution in [0.5, 0.6) is 5.75 Å². The Labute approximate surface area is 137 Å². The molecule has 3 heterocycles. The highest BCUT2D eigenvalue weighted by Gasteiger charge is 2.29. The third-order valence-electron chi connectivity index (χ3n) is 4.12. The van der Waals surface area contributed by atoms with E-state index in [9.17, 15) is 9.59 Å². The van der Waals surface area contributed by atoms with Crippen molar-refractivity contribution in [2.45, 2.75) is 33.3 Å². The molecule has 24 heavy (non-hydrogen) atoms. The highest BCUT2D eigenvalue weighted by atomic mass is 16.5. The Morgan fingerprint density at radius 3 is 2.54 bits per heavy atom. The van der Waals surface area contributed by atoms with Gasteiger partial charge >= 0.3 is 5.63 Å². The summed E-state index contributed by atoms with van der Waals surface area (Å²) in [5, 5.41) is 0.821. The van der Waals surface area contributed by atoms with Gasteiger partial charge in [-0.2, -0.15) is 0 Å². The van der Waals surface area contributed by atoms with Gasteiger partial charge in [0.25, 0.3) is 0 Å². The molecule has 5 heteroatoms. The molecule has 0 spiro atoms. The summed E-state index contributed by atoms with van der Waals surface area (Å²) >= 11 is 0. The molecule has 0 saturated heterocycles. The number of benzene rings is 1. The van der Waals surface area contributed by atoms with Gasteiger partial charge < -0.3 is 13.6 Å². The summed E-state index contributed by atoms with van der Waals surface area (Å²) in [7, 11) is 0. The second-order valence-electron chi connectivity index (χ2n) is 6.55. The summed E-state index contributed by atoms with van der Waals surface area (Å²) in [4.78, 5) is 24.4. The topological polar surface area (TPSA) is 69.7 Å². The first-order valence-electron chi connectivity index (χ1n) is 7.62. The van der Waals surface area contributed by atoms with E-state index in [0.717, 1.165) is 0 Å². The van der Waals surface area contributed by atoms with Gasteiger partial charge in [0.15, 0.2) is 16.6 Å². The smallest absolute Gasteiger partial charge is 0.344 e. The molecule has 2 aromatic heterocycles. The molecule has 0 aliphatic carbocycles. The van der Waals surface area contributed by atoms with Crippen molar-refractivity contribution < 1.29 is 13.6 Å². The molecule has 0 atom stereocenters. The Hall–Kier alpha value is -2.82. The number of hydrogen-bond acceptors (Lipinski definition) is 5. The number of rotatable bonds is 0. The zero-order valence-corrected chi connectivity index (χ0v) is 13.8. The number of hydrogen-bond donors (Lipinski definition) is 0. The van der Waals surface area contributed by atoms with E-state index in [0.29, 0.717) is 33.6 Å². The van der Waals surface area contributed by atoms with Gasteiger partial charge in [0, 0.05) is 6.07 Å². The molecule has 0 amide bonds. The van der Waals surface area contributed by atoms with Crippen LogP contribution >= 0.6 is 0 Å². The Bertz CT molecular complexity index is 1160. The van der Waals surface area contributed by atoms with Crippen LogP contribution in [0.3, 0.4) is 0 Å². The van der Waals surface area contributed by atoms with E-state index in [-0.39, 0.29) is 16.4 Å². The molecule has 121 valence electrons. The molecular weight excluding hydrogens is 308 g/mol. The molecule has 0 fully saturated rings. The van der Waals surface area contributed by atoms with Crippen molar-refractivity contribution >= 4 is 28.0 Å². The van der Waals surface area contributed by atoms with Gasteiger partial charge in [0.2, 0.25) is 0 Å². The van der Waals surface area contributed by atoms with E-state index in [1.165, 1.54) is 6.07 Å². The maximum Gasteiger partial charge on any atom is 0.344 e. The quantitative estimate of drug-likeness (QED) is 0.468. The van der Waals surface area contributed by atoms with Gasteiger partial charge in [-0.3, -0.25) is 4.79 Å².